The van der Waals surface area contributed by atoms with Crippen molar-refractivity contribution in [1.82, 2.24) is 0 Å². The highest BCUT2D eigenvalue weighted by molar-refractivity contribution is 5.97. The van der Waals surface area contributed by atoms with Gasteiger partial charge in [0.2, 0.25) is 0 Å². The van der Waals surface area contributed by atoms with Crippen LogP contribution in [0, 0.1) is 6.57 Å². The average Bonchev–Trinajstić information content (AvgIpc) is 2.37. The second kappa shape index (κ2) is 5.51. The van der Waals surface area contributed by atoms with Crippen LogP contribution in [0.25, 0.3) is 4.85 Å². The lowest BCUT2D eigenvalue weighted by molar-refractivity contribution is -0.137. The maximum Gasteiger partial charge on any atom is 0.407 e. The monoisotopic (exact) mass is 286 g/mol. The number of carbonyl (C=O) groups is 1. The van der Waals surface area contributed by atoms with Crippen molar-refractivity contribution in [1.29, 1.82) is 0 Å². The number of benzene rings is 1. The summed E-state index contributed by atoms with van der Waals surface area (Å²) in [5.74, 6) is -0.802. The number of hydrogen-bond acceptors (Lipinski definition) is 2. The summed E-state index contributed by atoms with van der Waals surface area (Å²) in [6, 6.07) is 2.84. The number of amides is 1. The Morgan fingerprint density at radius 2 is 2.05 bits per heavy atom. The molecule has 1 amide bonds. The van der Waals surface area contributed by atoms with Crippen molar-refractivity contribution in [3.63, 3.8) is 0 Å². The highest BCUT2D eigenvalue weighted by Gasteiger charge is 2.34. The minimum atomic E-state index is -4.69. The van der Waals surface area contributed by atoms with Crippen LogP contribution in [0.5, 0.6) is 0 Å². The summed E-state index contributed by atoms with van der Waals surface area (Å²) in [6.45, 7) is 9.54. The first kappa shape index (κ1) is 16.0. The van der Waals surface area contributed by atoms with Gasteiger partial charge in [0.15, 0.2) is 5.69 Å². The predicted octanol–water partition coefficient (Wildman–Crippen LogP) is 3.36. The van der Waals surface area contributed by atoms with Crippen LogP contribution in [0.15, 0.2) is 18.2 Å². The Kier molecular flexibility index (Phi) is 4.40. The Hall–Kier alpha value is -2.07. The highest BCUT2D eigenvalue weighted by Crippen LogP contribution is 2.38. The van der Waals surface area contributed by atoms with E-state index in [0.717, 1.165) is 6.07 Å². The van der Waals surface area contributed by atoms with Crippen molar-refractivity contribution < 1.29 is 23.1 Å². The van der Waals surface area contributed by atoms with E-state index in [1.54, 1.807) is 6.92 Å². The molecule has 20 heavy (non-hydrogen) atoms. The maximum absolute atomic E-state index is 12.7. The molecule has 0 radical (unpaired) electrons. The Morgan fingerprint density at radius 3 is 2.50 bits per heavy atom. The van der Waals surface area contributed by atoms with Crippen molar-refractivity contribution in [2.45, 2.75) is 32.0 Å². The topological polar surface area (TPSA) is 53.7 Å². The summed E-state index contributed by atoms with van der Waals surface area (Å²) in [4.78, 5) is 14.5. The molecule has 4 nitrogen and oxygen atoms in total. The molecule has 0 spiro atoms. The molecule has 0 saturated carbocycles. The van der Waals surface area contributed by atoms with Gasteiger partial charge < -0.3 is 10.4 Å². The molecule has 1 aromatic rings. The Balaban J connectivity index is 3.12. The fourth-order valence-corrected chi connectivity index (χ4v) is 1.36. The van der Waals surface area contributed by atoms with E-state index in [1.807, 2.05) is 0 Å². The molecule has 1 aromatic carbocycles. The minimum Gasteiger partial charge on any atom is -0.380 e. The highest BCUT2D eigenvalue weighted by atomic mass is 19.4. The molecule has 0 aliphatic carbocycles. The number of carbonyl (C=O) groups excluding carboxylic acids is 1. The maximum atomic E-state index is 12.7. The molecule has 0 aromatic heterocycles. The molecule has 0 fully saturated rings. The predicted molar refractivity (Wildman–Crippen MR) is 67.3 cm³/mol. The van der Waals surface area contributed by atoms with E-state index in [4.69, 9.17) is 6.57 Å². The van der Waals surface area contributed by atoms with Crippen molar-refractivity contribution in [3.05, 3.63) is 35.2 Å². The first-order valence-corrected chi connectivity index (χ1v) is 5.74. The summed E-state index contributed by atoms with van der Waals surface area (Å²) in [5, 5.41) is 11.9. The minimum absolute atomic E-state index is 0.116. The number of alkyl halides is 3. The molecular weight excluding hydrogens is 273 g/mol. The van der Waals surface area contributed by atoms with Gasteiger partial charge in [-0.1, -0.05) is 13.0 Å². The van der Waals surface area contributed by atoms with Crippen LogP contribution in [-0.4, -0.2) is 16.6 Å². The zero-order valence-corrected chi connectivity index (χ0v) is 10.9. The second-order valence-electron chi connectivity index (χ2n) is 4.42. The summed E-state index contributed by atoms with van der Waals surface area (Å²) in [6.07, 6.45) is -4.57. The molecule has 1 rings (SSSR count). The number of halogens is 3. The normalized spacial score (nSPS) is 14.2. The molecule has 0 aliphatic rings. The molecule has 7 heteroatoms. The van der Waals surface area contributed by atoms with Crippen LogP contribution in [0.4, 0.5) is 24.5 Å². The fourth-order valence-electron chi connectivity index (χ4n) is 1.36. The molecule has 2 N–H and O–H groups in total. The lowest BCUT2D eigenvalue weighted by Gasteiger charge is -2.20. The van der Waals surface area contributed by atoms with E-state index < -0.39 is 28.9 Å². The van der Waals surface area contributed by atoms with Crippen LogP contribution in [0.3, 0.4) is 0 Å². The van der Waals surface area contributed by atoms with Crippen LogP contribution in [-0.2, 0) is 11.0 Å². The zero-order valence-electron chi connectivity index (χ0n) is 10.9. The van der Waals surface area contributed by atoms with Gasteiger partial charge in [-0.15, -0.1) is 0 Å². The van der Waals surface area contributed by atoms with E-state index in [2.05, 4.69) is 10.2 Å². The van der Waals surface area contributed by atoms with E-state index in [9.17, 15) is 23.1 Å². The van der Waals surface area contributed by atoms with Crippen molar-refractivity contribution >= 4 is 17.3 Å². The first-order chi connectivity index (χ1) is 9.11. The summed E-state index contributed by atoms with van der Waals surface area (Å²) < 4.78 is 38.2. The van der Waals surface area contributed by atoms with Gasteiger partial charge in [0, 0.05) is 5.69 Å². The molecular formula is C13H13F3N2O2. The number of rotatable bonds is 3. The van der Waals surface area contributed by atoms with Crippen molar-refractivity contribution in [2.75, 3.05) is 5.32 Å². The van der Waals surface area contributed by atoms with E-state index in [-0.39, 0.29) is 12.1 Å². The third-order valence-electron chi connectivity index (χ3n) is 2.86. The number of nitrogens with zero attached hydrogens (tertiary/aromatic N) is 1. The lowest BCUT2D eigenvalue weighted by atomic mass is 10.0. The number of aliphatic hydroxyl groups is 1. The second-order valence-corrected chi connectivity index (χ2v) is 4.42. The summed E-state index contributed by atoms with van der Waals surface area (Å²) in [7, 11) is 0. The summed E-state index contributed by atoms with van der Waals surface area (Å²) >= 11 is 0. The molecule has 0 unspecified atom stereocenters. The molecule has 0 aliphatic heterocycles. The zero-order chi connectivity index (χ0) is 15.6. The van der Waals surface area contributed by atoms with Gasteiger partial charge in [0.1, 0.15) is 5.60 Å². The van der Waals surface area contributed by atoms with Gasteiger partial charge in [0.05, 0.1) is 12.1 Å². The lowest BCUT2D eigenvalue weighted by Crippen LogP contribution is -2.39. The molecule has 0 saturated heterocycles. The van der Waals surface area contributed by atoms with E-state index in [1.165, 1.54) is 13.0 Å². The van der Waals surface area contributed by atoms with Gasteiger partial charge in [0.25, 0.3) is 5.91 Å². The smallest absolute Gasteiger partial charge is 0.380 e. The Morgan fingerprint density at radius 1 is 1.45 bits per heavy atom. The number of hydrogen-bond donors (Lipinski definition) is 2. The van der Waals surface area contributed by atoms with Crippen LogP contribution in [0.1, 0.15) is 25.8 Å². The van der Waals surface area contributed by atoms with Gasteiger partial charge in [-0.05, 0) is 25.5 Å². The molecule has 0 heterocycles. The Bertz CT molecular complexity index is 560. The Labute approximate surface area is 114 Å². The summed E-state index contributed by atoms with van der Waals surface area (Å²) in [5.41, 5.74) is -3.46. The van der Waals surface area contributed by atoms with Crippen LogP contribution >= 0.6 is 0 Å². The quantitative estimate of drug-likeness (QED) is 0.837. The standard InChI is InChI=1S/C13H13F3N2O2/c1-4-12(2,20)11(19)18-8-5-6-10(17-3)9(7-8)13(14,15)16/h5-7,20H,4H2,1-2H3,(H,18,19)/t12-/m1/s1. The van der Waals surface area contributed by atoms with Gasteiger partial charge >= 0.3 is 6.18 Å². The molecule has 1 atom stereocenters. The number of nitrogens with one attached hydrogen (secondary N) is 1. The fraction of sp³-hybridized carbons (Fsp3) is 0.385. The SMILES string of the molecule is [C-]#[N+]c1ccc(NC(=O)[C@](C)(O)CC)cc1C(F)(F)F. The van der Waals surface area contributed by atoms with Crippen molar-refractivity contribution in [2.24, 2.45) is 0 Å². The average molecular weight is 286 g/mol. The third-order valence-corrected chi connectivity index (χ3v) is 2.86. The van der Waals surface area contributed by atoms with Crippen LogP contribution in [0.2, 0.25) is 0 Å². The first-order valence-electron chi connectivity index (χ1n) is 5.74. The van der Waals surface area contributed by atoms with E-state index >= 15 is 0 Å². The van der Waals surface area contributed by atoms with Gasteiger partial charge in [-0.2, -0.15) is 13.2 Å². The van der Waals surface area contributed by atoms with Crippen LogP contribution < -0.4 is 5.32 Å². The number of anilines is 1. The van der Waals surface area contributed by atoms with Crippen molar-refractivity contribution in [3.8, 4) is 0 Å². The third kappa shape index (κ3) is 3.48. The molecule has 0 bridgehead atoms. The molecule has 108 valence electrons. The van der Waals surface area contributed by atoms with E-state index in [0.29, 0.717) is 6.07 Å². The van der Waals surface area contributed by atoms with Gasteiger partial charge in [-0.3, -0.25) is 4.79 Å². The van der Waals surface area contributed by atoms with Gasteiger partial charge in [-0.25, -0.2) is 4.85 Å². The largest absolute Gasteiger partial charge is 0.407 e.